The molecule has 1 aromatic rings. The summed E-state index contributed by atoms with van der Waals surface area (Å²) in [4.78, 5) is 21.0. The van der Waals surface area contributed by atoms with E-state index in [0.29, 0.717) is 36.3 Å². The number of carboxylic acid groups (broad SMARTS) is 1. The third-order valence-electron chi connectivity index (χ3n) is 4.57. The Kier molecular flexibility index (Phi) is 13.6. The SMILES string of the molecule is CCCCCCOc1cccc(OCCCCOP(=O)(O)OC(CC(=O)O)C[N+](C)(C)C)c1. The van der Waals surface area contributed by atoms with E-state index in [0.717, 1.165) is 18.6 Å². The summed E-state index contributed by atoms with van der Waals surface area (Å²) in [6.07, 6.45) is 4.40. The van der Waals surface area contributed by atoms with Crippen LogP contribution < -0.4 is 9.47 Å². The predicted octanol–water partition coefficient (Wildman–Crippen LogP) is 4.49. The molecule has 0 saturated carbocycles. The number of nitrogens with zero attached hydrogens (tertiary/aromatic N) is 1. The smallest absolute Gasteiger partial charge is 0.472 e. The molecule has 0 fully saturated rings. The van der Waals surface area contributed by atoms with Crippen molar-refractivity contribution in [2.75, 3.05) is 47.5 Å². The van der Waals surface area contributed by atoms with Gasteiger partial charge in [-0.3, -0.25) is 13.8 Å². The first-order valence-corrected chi connectivity index (χ1v) is 13.0. The van der Waals surface area contributed by atoms with Crippen LogP contribution in [0.4, 0.5) is 0 Å². The molecule has 0 aliphatic carbocycles. The Bertz CT molecular complexity index is 737. The molecule has 1 aromatic carbocycles. The lowest BCUT2D eigenvalue weighted by Gasteiger charge is -2.29. The van der Waals surface area contributed by atoms with Gasteiger partial charge in [0, 0.05) is 6.07 Å². The van der Waals surface area contributed by atoms with Gasteiger partial charge in [-0.25, -0.2) is 4.57 Å². The van der Waals surface area contributed by atoms with Crippen molar-refractivity contribution >= 4 is 13.8 Å². The van der Waals surface area contributed by atoms with E-state index in [2.05, 4.69) is 6.92 Å². The average Bonchev–Trinajstić information content (AvgIpc) is 2.68. The summed E-state index contributed by atoms with van der Waals surface area (Å²) in [7, 11) is 1.18. The molecule has 9 nitrogen and oxygen atoms in total. The summed E-state index contributed by atoms with van der Waals surface area (Å²) in [5, 5.41) is 9.01. The first kappa shape index (κ1) is 29.4. The molecule has 0 aliphatic heterocycles. The minimum absolute atomic E-state index is 0.00220. The largest absolute Gasteiger partial charge is 0.493 e. The molecule has 0 bridgehead atoms. The number of hydrogen-bond acceptors (Lipinski definition) is 6. The molecule has 2 unspecified atom stereocenters. The zero-order chi connectivity index (χ0) is 24.7. The van der Waals surface area contributed by atoms with Crippen molar-refractivity contribution in [3.8, 4) is 11.5 Å². The van der Waals surface area contributed by atoms with Crippen LogP contribution in [0.25, 0.3) is 0 Å². The van der Waals surface area contributed by atoms with Crippen LogP contribution in [-0.2, 0) is 18.4 Å². The highest BCUT2D eigenvalue weighted by atomic mass is 31.2. The van der Waals surface area contributed by atoms with Gasteiger partial charge in [-0.1, -0.05) is 32.3 Å². The minimum Gasteiger partial charge on any atom is -0.493 e. The Labute approximate surface area is 197 Å². The predicted molar refractivity (Wildman–Crippen MR) is 127 cm³/mol. The molecular formula is C23H41NO8P+. The standard InChI is InChI=1S/C23H40NO8P/c1-5-6-7-8-14-29-20-12-11-13-21(17-20)30-15-9-10-16-31-33(27,28)32-22(18-23(25)26)19-24(2,3)4/h11-13,17,22H,5-10,14-16,18-19H2,1-4H3,(H-,25,26,27,28)/p+1. The van der Waals surface area contributed by atoms with Gasteiger partial charge in [-0.2, -0.15) is 0 Å². The van der Waals surface area contributed by atoms with Gasteiger partial charge in [0.1, 0.15) is 24.1 Å². The average molecular weight is 491 g/mol. The van der Waals surface area contributed by atoms with E-state index in [1.165, 1.54) is 12.8 Å². The number of hydrogen-bond donors (Lipinski definition) is 2. The fourth-order valence-corrected chi connectivity index (χ4v) is 4.04. The van der Waals surface area contributed by atoms with Crippen LogP contribution in [0.1, 0.15) is 51.9 Å². The van der Waals surface area contributed by atoms with Crippen molar-refractivity contribution in [2.24, 2.45) is 0 Å². The lowest BCUT2D eigenvalue weighted by atomic mass is 10.2. The van der Waals surface area contributed by atoms with Crippen molar-refractivity contribution in [1.82, 2.24) is 0 Å². The van der Waals surface area contributed by atoms with Gasteiger partial charge in [-0.05, 0) is 31.4 Å². The third-order valence-corrected chi connectivity index (χ3v) is 5.64. The number of likely N-dealkylation sites (N-methyl/N-ethyl adjacent to an activating group) is 1. The highest BCUT2D eigenvalue weighted by Gasteiger charge is 2.31. The number of carboxylic acids is 1. The van der Waals surface area contributed by atoms with Gasteiger partial charge in [0.15, 0.2) is 0 Å². The van der Waals surface area contributed by atoms with Gasteiger partial charge < -0.3 is 24.0 Å². The van der Waals surface area contributed by atoms with Gasteiger partial charge in [0.05, 0.1) is 47.4 Å². The zero-order valence-electron chi connectivity index (χ0n) is 20.4. The maximum absolute atomic E-state index is 12.2. The summed E-state index contributed by atoms with van der Waals surface area (Å²) >= 11 is 0. The normalized spacial score (nSPS) is 14.5. The molecular weight excluding hydrogens is 449 g/mol. The maximum Gasteiger partial charge on any atom is 0.472 e. The lowest BCUT2D eigenvalue weighted by molar-refractivity contribution is -0.873. The molecule has 0 aliphatic rings. The van der Waals surface area contributed by atoms with E-state index in [1.54, 1.807) is 0 Å². The molecule has 10 heteroatoms. The fraction of sp³-hybridized carbons (Fsp3) is 0.696. The van der Waals surface area contributed by atoms with Crippen LogP contribution in [0.3, 0.4) is 0 Å². The Morgan fingerprint density at radius 2 is 1.58 bits per heavy atom. The monoisotopic (exact) mass is 490 g/mol. The number of carbonyl (C=O) groups is 1. The first-order chi connectivity index (χ1) is 15.5. The van der Waals surface area contributed by atoms with Gasteiger partial charge in [-0.15, -0.1) is 0 Å². The topological polar surface area (TPSA) is 112 Å². The number of ether oxygens (including phenoxy) is 2. The number of rotatable bonds is 19. The van der Waals surface area contributed by atoms with Crippen LogP contribution in [0.5, 0.6) is 11.5 Å². The van der Waals surface area contributed by atoms with E-state index in [-0.39, 0.29) is 19.6 Å². The fourth-order valence-electron chi connectivity index (χ4n) is 3.11. The molecule has 0 amide bonds. The Hall–Kier alpha value is -1.64. The molecule has 2 N–H and O–H groups in total. The van der Waals surface area contributed by atoms with E-state index >= 15 is 0 Å². The molecule has 33 heavy (non-hydrogen) atoms. The van der Waals surface area contributed by atoms with E-state index < -0.39 is 19.9 Å². The van der Waals surface area contributed by atoms with Crippen molar-refractivity contribution in [1.29, 1.82) is 0 Å². The molecule has 0 saturated heterocycles. The van der Waals surface area contributed by atoms with Crippen LogP contribution in [0, 0.1) is 0 Å². The number of phosphoric ester groups is 1. The lowest BCUT2D eigenvalue weighted by Crippen LogP contribution is -2.42. The molecule has 0 heterocycles. The van der Waals surface area contributed by atoms with Crippen molar-refractivity contribution in [3.05, 3.63) is 24.3 Å². The van der Waals surface area contributed by atoms with Crippen LogP contribution >= 0.6 is 7.82 Å². The number of phosphoric acid groups is 1. The summed E-state index contributed by atoms with van der Waals surface area (Å²) in [5.41, 5.74) is 0. The zero-order valence-corrected chi connectivity index (χ0v) is 21.3. The van der Waals surface area contributed by atoms with E-state index in [9.17, 15) is 14.3 Å². The molecule has 190 valence electrons. The second-order valence-electron chi connectivity index (χ2n) is 9.04. The van der Waals surface area contributed by atoms with Crippen molar-refractivity contribution in [2.45, 2.75) is 58.0 Å². The summed E-state index contributed by atoms with van der Waals surface area (Å²) in [6, 6.07) is 7.48. The molecule has 0 radical (unpaired) electrons. The quantitative estimate of drug-likeness (QED) is 0.166. The van der Waals surface area contributed by atoms with Gasteiger partial charge >= 0.3 is 13.8 Å². The molecule has 0 aromatic heterocycles. The minimum atomic E-state index is -4.35. The maximum atomic E-state index is 12.2. The molecule has 0 spiro atoms. The van der Waals surface area contributed by atoms with E-state index in [1.807, 2.05) is 45.4 Å². The second-order valence-corrected chi connectivity index (χ2v) is 10.4. The van der Waals surface area contributed by atoms with Crippen LogP contribution in [-0.4, -0.2) is 74.1 Å². The number of quaternary nitrogens is 1. The van der Waals surface area contributed by atoms with E-state index in [4.69, 9.17) is 23.6 Å². The number of unbranched alkanes of at least 4 members (excludes halogenated alkanes) is 4. The second kappa shape index (κ2) is 15.3. The first-order valence-electron chi connectivity index (χ1n) is 11.5. The molecule has 2 atom stereocenters. The van der Waals surface area contributed by atoms with Crippen LogP contribution in [0.15, 0.2) is 24.3 Å². The number of benzene rings is 1. The highest BCUT2D eigenvalue weighted by Crippen LogP contribution is 2.45. The summed E-state index contributed by atoms with van der Waals surface area (Å²) in [6.45, 7) is 3.54. The van der Waals surface area contributed by atoms with Crippen molar-refractivity contribution < 1.29 is 42.4 Å². The van der Waals surface area contributed by atoms with Gasteiger partial charge in [0.25, 0.3) is 0 Å². The Morgan fingerprint density at radius 3 is 2.12 bits per heavy atom. The number of aliphatic carboxylic acids is 1. The Morgan fingerprint density at radius 1 is 1.00 bits per heavy atom. The molecule has 1 rings (SSSR count). The Balaban J connectivity index is 2.31. The third kappa shape index (κ3) is 15.8. The summed E-state index contributed by atoms with van der Waals surface area (Å²) in [5.74, 6) is 0.377. The van der Waals surface area contributed by atoms with Crippen LogP contribution in [0.2, 0.25) is 0 Å². The van der Waals surface area contributed by atoms with Crippen molar-refractivity contribution in [3.63, 3.8) is 0 Å². The summed E-state index contributed by atoms with van der Waals surface area (Å²) < 4.78 is 34.2. The van der Waals surface area contributed by atoms with Gasteiger partial charge in [0.2, 0.25) is 0 Å². The highest BCUT2D eigenvalue weighted by molar-refractivity contribution is 7.47.